The predicted octanol–water partition coefficient (Wildman–Crippen LogP) is 1.83. The standard InChI is InChI=1S/C14H20BrN3O4S/c1-18(2)13-12(15)7-11(8-16-13)23(21,22)17-10-5-3-9(4-6-10)14(19)20/h7-10,17H,3-6H2,1-2H3,(H,19,20). The summed E-state index contributed by atoms with van der Waals surface area (Å²) in [7, 11) is -0.0313. The SMILES string of the molecule is CN(C)c1ncc(S(=O)(=O)NC2CCC(C(=O)O)CC2)cc1Br. The summed E-state index contributed by atoms with van der Waals surface area (Å²) in [5.41, 5.74) is 0. The number of carbonyl (C=O) groups is 1. The molecular formula is C14H20BrN3O4S. The fourth-order valence-electron chi connectivity index (χ4n) is 2.63. The van der Waals surface area contributed by atoms with Crippen LogP contribution in [0.1, 0.15) is 25.7 Å². The highest BCUT2D eigenvalue weighted by Crippen LogP contribution is 2.27. The summed E-state index contributed by atoms with van der Waals surface area (Å²) in [5.74, 6) is -0.532. The molecule has 7 nitrogen and oxygen atoms in total. The van der Waals surface area contributed by atoms with Gasteiger partial charge < -0.3 is 10.0 Å². The summed E-state index contributed by atoms with van der Waals surface area (Å²) < 4.78 is 28.1. The molecule has 0 radical (unpaired) electrons. The molecule has 0 aromatic carbocycles. The van der Waals surface area contributed by atoms with Crippen LogP contribution in [0.25, 0.3) is 0 Å². The summed E-state index contributed by atoms with van der Waals surface area (Å²) in [4.78, 5) is 17.0. The fraction of sp³-hybridized carbons (Fsp3) is 0.571. The summed E-state index contributed by atoms with van der Waals surface area (Å²) in [5, 5.41) is 8.98. The Kier molecular flexibility index (Phi) is 5.64. The maximum atomic E-state index is 12.4. The van der Waals surface area contributed by atoms with Gasteiger partial charge in [0.2, 0.25) is 10.0 Å². The molecule has 0 atom stereocenters. The van der Waals surface area contributed by atoms with Gasteiger partial charge in [-0.3, -0.25) is 4.79 Å². The van der Waals surface area contributed by atoms with E-state index >= 15 is 0 Å². The lowest BCUT2D eigenvalue weighted by Gasteiger charge is -2.26. The van der Waals surface area contributed by atoms with Crippen LogP contribution in [0.2, 0.25) is 0 Å². The van der Waals surface area contributed by atoms with Gasteiger partial charge in [-0.2, -0.15) is 0 Å². The molecule has 1 aromatic rings. The van der Waals surface area contributed by atoms with E-state index in [1.807, 2.05) is 14.1 Å². The minimum absolute atomic E-state index is 0.0929. The van der Waals surface area contributed by atoms with Crippen molar-refractivity contribution >= 4 is 37.7 Å². The molecule has 1 aliphatic carbocycles. The molecule has 23 heavy (non-hydrogen) atoms. The van der Waals surface area contributed by atoms with Crippen LogP contribution in [-0.4, -0.2) is 44.6 Å². The van der Waals surface area contributed by atoms with Gasteiger partial charge in [0, 0.05) is 26.3 Å². The Morgan fingerprint density at radius 3 is 2.43 bits per heavy atom. The van der Waals surface area contributed by atoms with Crippen molar-refractivity contribution in [1.29, 1.82) is 0 Å². The summed E-state index contributed by atoms with van der Waals surface area (Å²) in [6.07, 6.45) is 3.36. The van der Waals surface area contributed by atoms with Crippen molar-refractivity contribution in [3.05, 3.63) is 16.7 Å². The van der Waals surface area contributed by atoms with E-state index in [9.17, 15) is 13.2 Å². The van der Waals surface area contributed by atoms with E-state index in [-0.39, 0.29) is 16.9 Å². The maximum Gasteiger partial charge on any atom is 0.306 e. The van der Waals surface area contributed by atoms with Crippen molar-refractivity contribution in [1.82, 2.24) is 9.71 Å². The third-order valence-electron chi connectivity index (χ3n) is 3.93. The lowest BCUT2D eigenvalue weighted by molar-refractivity contribution is -0.142. The average Bonchev–Trinajstić information content (AvgIpc) is 2.46. The Bertz CT molecular complexity index is 685. The van der Waals surface area contributed by atoms with Gasteiger partial charge in [0.15, 0.2) is 0 Å². The molecule has 1 aliphatic rings. The molecule has 0 saturated heterocycles. The van der Waals surface area contributed by atoms with Gasteiger partial charge in [0.05, 0.1) is 10.4 Å². The number of nitrogens with one attached hydrogen (secondary N) is 1. The van der Waals surface area contributed by atoms with Crippen LogP contribution < -0.4 is 9.62 Å². The van der Waals surface area contributed by atoms with E-state index in [0.29, 0.717) is 36.0 Å². The van der Waals surface area contributed by atoms with Gasteiger partial charge in [-0.25, -0.2) is 18.1 Å². The van der Waals surface area contributed by atoms with Crippen LogP contribution in [0.5, 0.6) is 0 Å². The zero-order valence-electron chi connectivity index (χ0n) is 13.0. The lowest BCUT2D eigenvalue weighted by atomic mass is 9.87. The van der Waals surface area contributed by atoms with Gasteiger partial charge in [0.1, 0.15) is 10.7 Å². The van der Waals surface area contributed by atoms with Gasteiger partial charge in [-0.15, -0.1) is 0 Å². The average molecular weight is 406 g/mol. The molecule has 1 heterocycles. The lowest BCUT2D eigenvalue weighted by Crippen LogP contribution is -2.38. The minimum Gasteiger partial charge on any atom is -0.481 e. The maximum absolute atomic E-state index is 12.4. The first-order valence-electron chi connectivity index (χ1n) is 7.28. The highest BCUT2D eigenvalue weighted by molar-refractivity contribution is 9.10. The van der Waals surface area contributed by atoms with Gasteiger partial charge in [-0.05, 0) is 47.7 Å². The molecule has 1 fully saturated rings. The predicted molar refractivity (Wildman–Crippen MR) is 90.0 cm³/mol. The van der Waals surface area contributed by atoms with Crippen LogP contribution in [0.15, 0.2) is 21.6 Å². The number of aromatic nitrogens is 1. The van der Waals surface area contributed by atoms with Crippen LogP contribution in [0.4, 0.5) is 5.82 Å². The molecule has 2 rings (SSSR count). The van der Waals surface area contributed by atoms with Gasteiger partial charge in [0.25, 0.3) is 0 Å². The topological polar surface area (TPSA) is 99.6 Å². The molecule has 1 aromatic heterocycles. The minimum atomic E-state index is -3.67. The Balaban J connectivity index is 2.08. The summed E-state index contributed by atoms with van der Waals surface area (Å²) in [6, 6.07) is 1.29. The Morgan fingerprint density at radius 1 is 1.35 bits per heavy atom. The number of carboxylic acids is 1. The summed E-state index contributed by atoms with van der Waals surface area (Å²) in [6.45, 7) is 0. The Hall–Kier alpha value is -1.19. The number of aliphatic carboxylic acids is 1. The van der Waals surface area contributed by atoms with E-state index in [1.54, 1.807) is 4.90 Å². The van der Waals surface area contributed by atoms with Crippen LogP contribution >= 0.6 is 15.9 Å². The molecule has 0 amide bonds. The molecule has 0 aliphatic heterocycles. The number of sulfonamides is 1. The number of pyridine rings is 1. The summed E-state index contributed by atoms with van der Waals surface area (Å²) >= 11 is 3.33. The molecule has 128 valence electrons. The second-order valence-corrected chi connectivity index (χ2v) is 8.45. The first kappa shape index (κ1) is 18.2. The zero-order chi connectivity index (χ0) is 17.2. The van der Waals surface area contributed by atoms with E-state index < -0.39 is 16.0 Å². The van der Waals surface area contributed by atoms with Crippen molar-refractivity contribution in [3.8, 4) is 0 Å². The van der Waals surface area contributed by atoms with Crippen LogP contribution in [0, 0.1) is 5.92 Å². The van der Waals surface area contributed by atoms with Crippen molar-refractivity contribution in [2.24, 2.45) is 5.92 Å². The number of carboxylic acid groups (broad SMARTS) is 1. The highest BCUT2D eigenvalue weighted by atomic mass is 79.9. The van der Waals surface area contributed by atoms with Crippen molar-refractivity contribution in [2.45, 2.75) is 36.6 Å². The van der Waals surface area contributed by atoms with E-state index in [4.69, 9.17) is 5.11 Å². The Morgan fingerprint density at radius 2 is 1.96 bits per heavy atom. The molecule has 0 unspecified atom stereocenters. The number of hydrogen-bond donors (Lipinski definition) is 2. The number of nitrogens with zero attached hydrogens (tertiary/aromatic N) is 2. The smallest absolute Gasteiger partial charge is 0.306 e. The zero-order valence-corrected chi connectivity index (χ0v) is 15.4. The monoisotopic (exact) mass is 405 g/mol. The normalized spacial score (nSPS) is 21.9. The van der Waals surface area contributed by atoms with Crippen molar-refractivity contribution < 1.29 is 18.3 Å². The molecular weight excluding hydrogens is 386 g/mol. The number of anilines is 1. The van der Waals surface area contributed by atoms with Gasteiger partial charge >= 0.3 is 5.97 Å². The second-order valence-electron chi connectivity index (χ2n) is 5.88. The third-order valence-corrected chi connectivity index (χ3v) is 6.00. The van der Waals surface area contributed by atoms with E-state index in [2.05, 4.69) is 25.6 Å². The fourth-order valence-corrected chi connectivity index (χ4v) is 4.77. The third kappa shape index (κ3) is 4.42. The number of halogens is 1. The number of hydrogen-bond acceptors (Lipinski definition) is 5. The van der Waals surface area contributed by atoms with Crippen molar-refractivity contribution in [2.75, 3.05) is 19.0 Å². The van der Waals surface area contributed by atoms with Crippen molar-refractivity contribution in [3.63, 3.8) is 0 Å². The molecule has 2 N–H and O–H groups in total. The molecule has 1 saturated carbocycles. The highest BCUT2D eigenvalue weighted by Gasteiger charge is 2.29. The number of rotatable bonds is 5. The van der Waals surface area contributed by atoms with Crippen LogP contribution in [0.3, 0.4) is 0 Å². The van der Waals surface area contributed by atoms with E-state index in [1.165, 1.54) is 12.3 Å². The quantitative estimate of drug-likeness (QED) is 0.774. The Labute approximate surface area is 144 Å². The van der Waals surface area contributed by atoms with Crippen LogP contribution in [-0.2, 0) is 14.8 Å². The van der Waals surface area contributed by atoms with E-state index in [0.717, 1.165) is 0 Å². The first-order chi connectivity index (χ1) is 10.7. The molecule has 0 bridgehead atoms. The second kappa shape index (κ2) is 7.14. The molecule has 9 heteroatoms. The molecule has 0 spiro atoms. The first-order valence-corrected chi connectivity index (χ1v) is 9.56. The largest absolute Gasteiger partial charge is 0.481 e. The van der Waals surface area contributed by atoms with Gasteiger partial charge in [-0.1, -0.05) is 0 Å².